The molecule has 0 spiro atoms. The smallest absolute Gasteiger partial charge is 0.124 e. The first-order valence-electron chi connectivity index (χ1n) is 8.72. The van der Waals surface area contributed by atoms with Crippen LogP contribution in [0.25, 0.3) is 0 Å². The van der Waals surface area contributed by atoms with Crippen molar-refractivity contribution in [3.05, 3.63) is 59.2 Å². The molecule has 1 atom stereocenters. The first kappa shape index (κ1) is 22.8. The van der Waals surface area contributed by atoms with Crippen molar-refractivity contribution in [2.45, 2.75) is 45.4 Å². The highest BCUT2D eigenvalue weighted by atomic mass is 32.2. The molecule has 0 fully saturated rings. The lowest BCUT2D eigenvalue weighted by atomic mass is 10.1. The molecular formula is C20H30NO3PS. The molecule has 0 radical (unpaired) electrons. The Kier molecular flexibility index (Phi) is 8.42. The molecule has 144 valence electrons. The van der Waals surface area contributed by atoms with Crippen LogP contribution >= 0.6 is 7.41 Å². The predicted octanol–water partition coefficient (Wildman–Crippen LogP) is 4.15. The molecule has 0 aliphatic rings. The zero-order chi connectivity index (χ0) is 20.0. The monoisotopic (exact) mass is 395 g/mol. The van der Waals surface area contributed by atoms with Gasteiger partial charge in [-0.2, -0.15) is 0 Å². The number of hydrogen-bond donors (Lipinski definition) is 1. The maximum absolute atomic E-state index is 10.8. The van der Waals surface area contributed by atoms with Crippen LogP contribution < -0.4 is 10.8 Å². The highest BCUT2D eigenvalue weighted by Crippen LogP contribution is 2.45. The molecule has 4 nitrogen and oxygen atoms in total. The molecular weight excluding hydrogens is 365 g/mol. The Bertz CT molecular complexity index is 795. The minimum atomic E-state index is -4.33. The maximum Gasteiger partial charge on any atom is 0.124 e. The van der Waals surface area contributed by atoms with E-state index in [2.05, 4.69) is 37.9 Å². The minimum Gasteiger partial charge on any atom is -0.744 e. The van der Waals surface area contributed by atoms with E-state index in [1.165, 1.54) is 24.3 Å². The van der Waals surface area contributed by atoms with Gasteiger partial charge in [-0.3, -0.25) is 0 Å². The van der Waals surface area contributed by atoms with E-state index in [0.29, 0.717) is 11.1 Å². The summed E-state index contributed by atoms with van der Waals surface area (Å²) < 4.78 is 32.5. The fourth-order valence-electron chi connectivity index (χ4n) is 2.95. The molecule has 2 rings (SSSR count). The quantitative estimate of drug-likeness (QED) is 0.609. The summed E-state index contributed by atoms with van der Waals surface area (Å²) in [6.07, 6.45) is 3.66. The molecule has 0 saturated carbocycles. The molecule has 26 heavy (non-hydrogen) atoms. The van der Waals surface area contributed by atoms with Crippen molar-refractivity contribution in [1.82, 2.24) is 0 Å². The lowest BCUT2D eigenvalue weighted by Crippen LogP contribution is -2.20. The van der Waals surface area contributed by atoms with E-state index in [1.54, 1.807) is 26.0 Å². The number of rotatable bonds is 5. The van der Waals surface area contributed by atoms with Gasteiger partial charge in [-0.05, 0) is 50.5 Å². The molecule has 0 amide bonds. The molecule has 6 heteroatoms. The fraction of sp³-hybridized carbons (Fsp3) is 0.400. The summed E-state index contributed by atoms with van der Waals surface area (Å²) in [5, 5.41) is 1.35. The van der Waals surface area contributed by atoms with Crippen molar-refractivity contribution in [1.29, 1.82) is 0 Å². The SMILES string of the molecule is CCCC[P+](C)(N)c1ccccc1.Cc1cc(C)c(S(=O)(=O)[O-])c(C)c1. The molecule has 0 aromatic heterocycles. The second kappa shape index (κ2) is 9.61. The van der Waals surface area contributed by atoms with Crippen LogP contribution in [0.4, 0.5) is 0 Å². The maximum atomic E-state index is 10.8. The zero-order valence-corrected chi connectivity index (χ0v) is 18.0. The van der Waals surface area contributed by atoms with Crippen molar-refractivity contribution >= 4 is 22.8 Å². The Morgan fingerprint density at radius 2 is 1.54 bits per heavy atom. The topological polar surface area (TPSA) is 83.2 Å². The molecule has 0 aliphatic heterocycles. The standard InChI is InChI=1S/C11H19NP.C9H12O3S/c1-3-4-10-13(2,12)11-8-6-5-7-9-11;1-6-4-7(2)9(8(3)5-6)13(10,11)12/h5-9H,3-4,10,12H2,1-2H3;4-5H,1-3H3,(H,10,11,12)/q+1;/p-1. The van der Waals surface area contributed by atoms with E-state index in [1.807, 2.05) is 13.0 Å². The van der Waals surface area contributed by atoms with Gasteiger partial charge in [0.15, 0.2) is 0 Å². The summed E-state index contributed by atoms with van der Waals surface area (Å²) in [4.78, 5) is -0.0851. The fourth-order valence-corrected chi connectivity index (χ4v) is 5.94. The summed E-state index contributed by atoms with van der Waals surface area (Å²) in [5.74, 6) is 0. The summed E-state index contributed by atoms with van der Waals surface area (Å²) >= 11 is 0. The van der Waals surface area contributed by atoms with Crippen LogP contribution in [0.1, 0.15) is 36.5 Å². The van der Waals surface area contributed by atoms with Crippen molar-refractivity contribution in [2.24, 2.45) is 5.50 Å². The van der Waals surface area contributed by atoms with Gasteiger partial charge in [0.1, 0.15) is 22.8 Å². The van der Waals surface area contributed by atoms with Gasteiger partial charge in [0, 0.05) is 0 Å². The largest absolute Gasteiger partial charge is 0.744 e. The van der Waals surface area contributed by atoms with E-state index in [9.17, 15) is 13.0 Å². The third kappa shape index (κ3) is 6.81. The Hall–Kier alpha value is -1.26. The average Bonchev–Trinajstić information content (AvgIpc) is 2.52. The first-order chi connectivity index (χ1) is 12.0. The van der Waals surface area contributed by atoms with Crippen LogP contribution in [0.15, 0.2) is 47.4 Å². The van der Waals surface area contributed by atoms with Crippen LogP contribution in [-0.2, 0) is 10.1 Å². The van der Waals surface area contributed by atoms with Crippen LogP contribution in [0.2, 0.25) is 0 Å². The van der Waals surface area contributed by atoms with Gasteiger partial charge in [-0.25, -0.2) is 13.9 Å². The first-order valence-corrected chi connectivity index (χ1v) is 12.6. The van der Waals surface area contributed by atoms with Gasteiger partial charge < -0.3 is 4.55 Å². The number of benzene rings is 2. The molecule has 2 aromatic carbocycles. The highest BCUT2D eigenvalue weighted by Gasteiger charge is 2.27. The second-order valence-electron chi connectivity index (χ2n) is 6.86. The predicted molar refractivity (Wildman–Crippen MR) is 111 cm³/mol. The second-order valence-corrected chi connectivity index (χ2v) is 11.7. The lowest BCUT2D eigenvalue weighted by Gasteiger charge is -2.16. The summed E-state index contributed by atoms with van der Waals surface area (Å²) in [5.41, 5.74) is 8.34. The number of unbranched alkanes of at least 4 members (excludes halogenated alkanes) is 1. The molecule has 0 heterocycles. The molecule has 2 N–H and O–H groups in total. The van der Waals surface area contributed by atoms with E-state index in [0.717, 1.165) is 5.56 Å². The van der Waals surface area contributed by atoms with Gasteiger partial charge in [-0.15, -0.1) is 0 Å². The van der Waals surface area contributed by atoms with Crippen LogP contribution in [0.5, 0.6) is 0 Å². The van der Waals surface area contributed by atoms with Crippen molar-refractivity contribution in [3.63, 3.8) is 0 Å². The highest BCUT2D eigenvalue weighted by molar-refractivity contribution is 7.85. The van der Waals surface area contributed by atoms with Crippen LogP contribution in [0, 0.1) is 20.8 Å². The van der Waals surface area contributed by atoms with Crippen molar-refractivity contribution in [3.8, 4) is 0 Å². The molecule has 0 aliphatic carbocycles. The molecule has 1 unspecified atom stereocenters. The van der Waals surface area contributed by atoms with Crippen molar-refractivity contribution in [2.75, 3.05) is 12.8 Å². The Morgan fingerprint density at radius 1 is 1.04 bits per heavy atom. The molecule has 0 saturated heterocycles. The van der Waals surface area contributed by atoms with E-state index in [-0.39, 0.29) is 4.90 Å². The van der Waals surface area contributed by atoms with Gasteiger partial charge >= 0.3 is 0 Å². The van der Waals surface area contributed by atoms with E-state index >= 15 is 0 Å². The summed E-state index contributed by atoms with van der Waals surface area (Å²) in [6, 6.07) is 13.9. The van der Waals surface area contributed by atoms with Gasteiger partial charge in [-0.1, -0.05) is 49.2 Å². The third-order valence-electron chi connectivity index (χ3n) is 4.18. The normalized spacial score (nSPS) is 13.5. The minimum absolute atomic E-state index is 0.0851. The van der Waals surface area contributed by atoms with E-state index in [4.69, 9.17) is 5.50 Å². The number of nitrogens with two attached hydrogens (primary N) is 1. The number of aryl methyl sites for hydroxylation is 3. The molecule has 2 aromatic rings. The van der Waals surface area contributed by atoms with Crippen LogP contribution in [0.3, 0.4) is 0 Å². The average molecular weight is 396 g/mol. The Balaban J connectivity index is 0.000000260. The third-order valence-corrected chi connectivity index (χ3v) is 8.04. The van der Waals surface area contributed by atoms with Gasteiger partial charge in [0.05, 0.1) is 17.7 Å². The summed E-state index contributed by atoms with van der Waals surface area (Å²) in [7, 11) is -5.64. The van der Waals surface area contributed by atoms with Crippen molar-refractivity contribution < 1.29 is 13.0 Å². The Labute approximate surface area is 159 Å². The van der Waals surface area contributed by atoms with Gasteiger partial charge in [0.2, 0.25) is 0 Å². The van der Waals surface area contributed by atoms with Gasteiger partial charge in [0.25, 0.3) is 0 Å². The van der Waals surface area contributed by atoms with Crippen LogP contribution in [-0.4, -0.2) is 25.8 Å². The lowest BCUT2D eigenvalue weighted by molar-refractivity contribution is 0.462. The molecule has 0 bridgehead atoms. The zero-order valence-electron chi connectivity index (χ0n) is 16.3. The summed E-state index contributed by atoms with van der Waals surface area (Å²) in [6.45, 7) is 9.56. The Morgan fingerprint density at radius 3 is 1.96 bits per heavy atom. The van der Waals surface area contributed by atoms with E-state index < -0.39 is 17.5 Å². The number of hydrogen-bond acceptors (Lipinski definition) is 4.